The predicted octanol–water partition coefficient (Wildman–Crippen LogP) is 2.29. The van der Waals surface area contributed by atoms with Crippen LogP contribution < -0.4 is 11.1 Å². The summed E-state index contributed by atoms with van der Waals surface area (Å²) in [6.45, 7) is 3.92. The number of alkyl carbamates (subject to hydrolysis) is 1. The highest BCUT2D eigenvalue weighted by molar-refractivity contribution is 6.25. The number of carbonyl (C=O) groups excluding carboxylic acids is 3. The number of hydrogen-bond donors (Lipinski definition) is 2. The van der Waals surface area contributed by atoms with Crippen molar-refractivity contribution in [2.45, 2.75) is 6.54 Å². The number of nitrogens with zero attached hydrogens (tertiary/aromatic N) is 1. The fraction of sp³-hybridized carbons (Fsp3) is 0.105. The first-order valence-electron chi connectivity index (χ1n) is 7.87. The van der Waals surface area contributed by atoms with Gasteiger partial charge in [-0.1, -0.05) is 24.8 Å². The number of allylic oxidation sites excluding steroid dienone is 2. The van der Waals surface area contributed by atoms with Gasteiger partial charge in [-0.3, -0.25) is 14.9 Å². The molecule has 7 heteroatoms. The number of nitrogens with one attached hydrogen (secondary N) is 1. The largest absolute Gasteiger partial charge is 0.445 e. The van der Waals surface area contributed by atoms with Crippen LogP contribution in [0.2, 0.25) is 0 Å². The van der Waals surface area contributed by atoms with E-state index in [2.05, 4.69) is 11.9 Å². The normalized spacial score (nSPS) is 13.0. The van der Waals surface area contributed by atoms with Gasteiger partial charge in [0.15, 0.2) is 5.78 Å². The van der Waals surface area contributed by atoms with Crippen molar-refractivity contribution in [3.63, 3.8) is 0 Å². The number of benzene rings is 1. The van der Waals surface area contributed by atoms with Gasteiger partial charge in [0.25, 0.3) is 0 Å². The Labute approximate surface area is 149 Å². The monoisotopic (exact) mass is 351 g/mol. The lowest BCUT2D eigenvalue weighted by atomic mass is 9.97. The lowest BCUT2D eigenvalue weighted by Gasteiger charge is -2.12. The maximum atomic E-state index is 12.5. The number of carbonyl (C=O) groups is 3. The SMILES string of the molecule is C=CCOC(=O)NC1=CC(=O)c2cn(Cc3ccc(N)cc3)cc2C1=O. The minimum absolute atomic E-state index is 0.00443. The lowest BCUT2D eigenvalue weighted by molar-refractivity contribution is 0.0975. The van der Waals surface area contributed by atoms with E-state index in [0.29, 0.717) is 17.8 Å². The molecule has 0 radical (unpaired) electrons. The van der Waals surface area contributed by atoms with Crippen LogP contribution in [0.3, 0.4) is 0 Å². The number of ketones is 2. The molecule has 3 rings (SSSR count). The first-order chi connectivity index (χ1) is 12.5. The molecule has 1 aliphatic carbocycles. The van der Waals surface area contributed by atoms with Crippen LogP contribution >= 0.6 is 0 Å². The average molecular weight is 351 g/mol. The Balaban J connectivity index is 1.78. The van der Waals surface area contributed by atoms with Crippen LogP contribution in [0.15, 0.2) is 61.1 Å². The average Bonchev–Trinajstić information content (AvgIpc) is 3.04. The van der Waals surface area contributed by atoms with Gasteiger partial charge in [-0.25, -0.2) is 4.79 Å². The zero-order chi connectivity index (χ0) is 18.7. The topological polar surface area (TPSA) is 103 Å². The molecule has 0 spiro atoms. The molecule has 7 nitrogen and oxygen atoms in total. The summed E-state index contributed by atoms with van der Waals surface area (Å²) in [5.41, 5.74) is 7.74. The summed E-state index contributed by atoms with van der Waals surface area (Å²) in [7, 11) is 0. The van der Waals surface area contributed by atoms with Crippen LogP contribution in [0.4, 0.5) is 10.5 Å². The molecule has 0 unspecified atom stereocenters. The third kappa shape index (κ3) is 3.56. The zero-order valence-corrected chi connectivity index (χ0v) is 13.9. The van der Waals surface area contributed by atoms with E-state index in [1.165, 1.54) is 6.08 Å². The highest BCUT2D eigenvalue weighted by atomic mass is 16.5. The van der Waals surface area contributed by atoms with Crippen LogP contribution in [-0.4, -0.2) is 28.8 Å². The summed E-state index contributed by atoms with van der Waals surface area (Å²) >= 11 is 0. The number of rotatable bonds is 5. The zero-order valence-electron chi connectivity index (χ0n) is 13.9. The fourth-order valence-corrected chi connectivity index (χ4v) is 2.60. The molecule has 26 heavy (non-hydrogen) atoms. The molecule has 1 aromatic heterocycles. The van der Waals surface area contributed by atoms with E-state index in [1.54, 1.807) is 29.1 Å². The van der Waals surface area contributed by atoms with Crippen molar-refractivity contribution in [2.24, 2.45) is 0 Å². The van der Waals surface area contributed by atoms with Gasteiger partial charge in [0.2, 0.25) is 5.78 Å². The third-order valence-corrected chi connectivity index (χ3v) is 3.82. The van der Waals surface area contributed by atoms with Crippen molar-refractivity contribution in [3.8, 4) is 0 Å². The van der Waals surface area contributed by atoms with E-state index in [9.17, 15) is 14.4 Å². The predicted molar refractivity (Wildman–Crippen MR) is 95.8 cm³/mol. The maximum Gasteiger partial charge on any atom is 0.412 e. The summed E-state index contributed by atoms with van der Waals surface area (Å²) in [6, 6.07) is 7.32. The van der Waals surface area contributed by atoms with Crippen molar-refractivity contribution in [3.05, 3.63) is 77.8 Å². The highest BCUT2D eigenvalue weighted by Crippen LogP contribution is 2.22. The van der Waals surface area contributed by atoms with Crippen molar-refractivity contribution < 1.29 is 19.1 Å². The van der Waals surface area contributed by atoms with Crippen LogP contribution in [0.5, 0.6) is 0 Å². The van der Waals surface area contributed by atoms with E-state index in [-0.39, 0.29) is 23.7 Å². The Morgan fingerprint density at radius 1 is 1.19 bits per heavy atom. The fourth-order valence-electron chi connectivity index (χ4n) is 2.60. The molecule has 0 atom stereocenters. The summed E-state index contributed by atoms with van der Waals surface area (Å²) in [5, 5.41) is 2.30. The van der Waals surface area contributed by atoms with E-state index in [0.717, 1.165) is 11.6 Å². The number of amides is 1. The number of ether oxygens (including phenoxy) is 1. The van der Waals surface area contributed by atoms with Crippen LogP contribution in [0, 0.1) is 0 Å². The molecular weight excluding hydrogens is 334 g/mol. The van der Waals surface area contributed by atoms with E-state index in [4.69, 9.17) is 10.5 Å². The molecule has 132 valence electrons. The number of nitrogen functional groups attached to an aromatic ring is 1. The molecular formula is C19H17N3O4. The third-order valence-electron chi connectivity index (χ3n) is 3.82. The van der Waals surface area contributed by atoms with Gasteiger partial charge < -0.3 is 15.0 Å². The number of aromatic nitrogens is 1. The number of Topliss-reactive ketones (excluding diaryl/α,β-unsaturated/α-hetero) is 1. The molecule has 1 aromatic carbocycles. The molecule has 0 saturated carbocycles. The van der Waals surface area contributed by atoms with E-state index in [1.807, 2.05) is 12.1 Å². The number of nitrogens with two attached hydrogens (primary N) is 1. The summed E-state index contributed by atoms with van der Waals surface area (Å²) in [4.78, 5) is 36.4. The van der Waals surface area contributed by atoms with Crippen LogP contribution in [0.25, 0.3) is 0 Å². The summed E-state index contributed by atoms with van der Waals surface area (Å²) in [5.74, 6) is -0.791. The molecule has 0 bridgehead atoms. The second-order valence-corrected chi connectivity index (χ2v) is 5.76. The van der Waals surface area contributed by atoms with Crippen molar-refractivity contribution in [1.82, 2.24) is 9.88 Å². The van der Waals surface area contributed by atoms with Crippen LogP contribution in [0.1, 0.15) is 26.3 Å². The van der Waals surface area contributed by atoms with Crippen molar-refractivity contribution >= 4 is 23.3 Å². The first kappa shape index (κ1) is 17.2. The summed E-state index contributed by atoms with van der Waals surface area (Å²) < 4.78 is 6.52. The maximum absolute atomic E-state index is 12.5. The van der Waals surface area contributed by atoms with Crippen molar-refractivity contribution in [2.75, 3.05) is 12.3 Å². The van der Waals surface area contributed by atoms with Gasteiger partial charge in [-0.15, -0.1) is 0 Å². The molecule has 1 amide bonds. The summed E-state index contributed by atoms with van der Waals surface area (Å²) in [6.07, 6.45) is 4.90. The smallest absolute Gasteiger partial charge is 0.412 e. The second kappa shape index (κ2) is 7.10. The van der Waals surface area contributed by atoms with Gasteiger partial charge in [0.1, 0.15) is 6.61 Å². The highest BCUT2D eigenvalue weighted by Gasteiger charge is 2.28. The number of fused-ring (bicyclic) bond motifs is 1. The number of anilines is 1. The number of hydrogen-bond acceptors (Lipinski definition) is 5. The van der Waals surface area contributed by atoms with Crippen LogP contribution in [-0.2, 0) is 11.3 Å². The molecule has 3 N–H and O–H groups in total. The van der Waals surface area contributed by atoms with Gasteiger partial charge >= 0.3 is 6.09 Å². The van der Waals surface area contributed by atoms with Gasteiger partial charge in [-0.05, 0) is 17.7 Å². The molecule has 1 heterocycles. The molecule has 2 aromatic rings. The quantitative estimate of drug-likeness (QED) is 0.635. The van der Waals surface area contributed by atoms with Crippen molar-refractivity contribution in [1.29, 1.82) is 0 Å². The Hall–Kier alpha value is -3.61. The van der Waals surface area contributed by atoms with Gasteiger partial charge in [-0.2, -0.15) is 0 Å². The minimum Gasteiger partial charge on any atom is -0.445 e. The van der Waals surface area contributed by atoms with Gasteiger partial charge in [0, 0.05) is 30.7 Å². The second-order valence-electron chi connectivity index (χ2n) is 5.76. The Morgan fingerprint density at radius 2 is 1.88 bits per heavy atom. The van der Waals surface area contributed by atoms with E-state index < -0.39 is 11.9 Å². The Kier molecular flexibility index (Phi) is 4.70. The first-order valence-corrected chi connectivity index (χ1v) is 7.87. The minimum atomic E-state index is -0.818. The Morgan fingerprint density at radius 3 is 2.58 bits per heavy atom. The lowest BCUT2D eigenvalue weighted by Crippen LogP contribution is -2.31. The molecule has 0 aliphatic heterocycles. The molecule has 1 aliphatic rings. The molecule has 0 fully saturated rings. The standard InChI is InChI=1S/C19H17N3O4/c1-2-7-26-19(25)21-16-8-17(23)14-10-22(11-15(14)18(16)24)9-12-3-5-13(20)6-4-12/h2-6,8,10-11H,1,7,9,20H2,(H,21,25). The Bertz CT molecular complexity index is 923. The molecule has 0 saturated heterocycles. The van der Waals surface area contributed by atoms with E-state index >= 15 is 0 Å². The van der Waals surface area contributed by atoms with Gasteiger partial charge in [0.05, 0.1) is 16.8 Å².